The van der Waals surface area contributed by atoms with E-state index in [1.54, 1.807) is 12.1 Å². The minimum absolute atomic E-state index is 0.0413. The van der Waals surface area contributed by atoms with Crippen LogP contribution in [-0.4, -0.2) is 61.6 Å². The summed E-state index contributed by atoms with van der Waals surface area (Å²) >= 11 is 0. The van der Waals surface area contributed by atoms with Crippen LogP contribution in [0.1, 0.15) is 22.6 Å². The standard InChI is InChI=1S/C16H20N4O5S/c1-20(7-5-15-17-11-25-19-15)26(22,23)14-4-2-3-12(9-14)16(21)18-13-6-8-24-10-13/h2-4,9,11,13H,5-8,10H2,1H3,(H,18,21)/t13-/m0/s1. The molecule has 9 nitrogen and oxygen atoms in total. The van der Waals surface area contributed by atoms with Gasteiger partial charge >= 0.3 is 0 Å². The number of ether oxygens (including phenoxy) is 1. The van der Waals surface area contributed by atoms with Crippen LogP contribution in [0.15, 0.2) is 40.1 Å². The molecule has 2 aromatic rings. The van der Waals surface area contributed by atoms with Crippen molar-refractivity contribution in [1.82, 2.24) is 19.8 Å². The van der Waals surface area contributed by atoms with Gasteiger partial charge in [-0.15, -0.1) is 0 Å². The molecule has 26 heavy (non-hydrogen) atoms. The molecular formula is C16H20N4O5S. The van der Waals surface area contributed by atoms with Gasteiger partial charge in [0, 0.05) is 32.2 Å². The van der Waals surface area contributed by atoms with E-state index in [-0.39, 0.29) is 23.4 Å². The Morgan fingerprint density at radius 1 is 1.42 bits per heavy atom. The number of carbonyl (C=O) groups is 1. The number of amides is 1. The zero-order chi connectivity index (χ0) is 18.6. The molecule has 140 valence electrons. The predicted molar refractivity (Wildman–Crippen MR) is 91.0 cm³/mol. The number of carbonyl (C=O) groups excluding carboxylic acids is 1. The molecule has 1 aromatic heterocycles. The molecule has 1 N–H and O–H groups in total. The van der Waals surface area contributed by atoms with Crippen LogP contribution < -0.4 is 5.32 Å². The summed E-state index contributed by atoms with van der Waals surface area (Å²) in [5.74, 6) is 0.117. The second-order valence-corrected chi connectivity index (χ2v) is 8.03. The molecule has 0 spiro atoms. The average Bonchev–Trinajstić information content (AvgIpc) is 3.33. The Labute approximate surface area is 151 Å². The molecule has 1 amide bonds. The summed E-state index contributed by atoms with van der Waals surface area (Å²) in [4.78, 5) is 16.3. The highest BCUT2D eigenvalue weighted by Gasteiger charge is 2.23. The van der Waals surface area contributed by atoms with E-state index in [1.807, 2.05) is 0 Å². The first-order chi connectivity index (χ1) is 12.5. The Hall–Kier alpha value is -2.30. The van der Waals surface area contributed by atoms with Gasteiger partial charge in [-0.3, -0.25) is 4.79 Å². The third kappa shape index (κ3) is 4.26. The summed E-state index contributed by atoms with van der Waals surface area (Å²) < 4.78 is 36.5. The predicted octanol–water partition coefficient (Wildman–Crippen LogP) is 0.452. The van der Waals surface area contributed by atoms with Gasteiger partial charge in [-0.25, -0.2) is 12.7 Å². The Kier molecular flexibility index (Phi) is 5.64. The lowest BCUT2D eigenvalue weighted by Crippen LogP contribution is -2.35. The first kappa shape index (κ1) is 18.5. The van der Waals surface area contributed by atoms with Gasteiger partial charge in [0.25, 0.3) is 5.91 Å². The molecule has 1 aliphatic heterocycles. The number of nitrogens with one attached hydrogen (secondary N) is 1. The van der Waals surface area contributed by atoms with E-state index in [0.29, 0.717) is 31.0 Å². The van der Waals surface area contributed by atoms with Crippen LogP contribution in [-0.2, 0) is 21.2 Å². The maximum absolute atomic E-state index is 12.7. The molecule has 1 aromatic carbocycles. The Bertz CT molecular complexity index is 847. The quantitative estimate of drug-likeness (QED) is 0.742. The summed E-state index contributed by atoms with van der Waals surface area (Å²) in [5.41, 5.74) is 0.296. The third-order valence-corrected chi connectivity index (χ3v) is 5.98. The van der Waals surface area contributed by atoms with Crippen molar-refractivity contribution < 1.29 is 22.5 Å². The molecular weight excluding hydrogens is 360 g/mol. The zero-order valence-electron chi connectivity index (χ0n) is 14.3. The van der Waals surface area contributed by atoms with Crippen molar-refractivity contribution in [3.8, 4) is 0 Å². The minimum atomic E-state index is -3.73. The van der Waals surface area contributed by atoms with Gasteiger partial charge < -0.3 is 14.6 Å². The smallest absolute Gasteiger partial charge is 0.251 e. The molecule has 1 fully saturated rings. The second kappa shape index (κ2) is 7.94. The normalized spacial score (nSPS) is 17.5. The van der Waals surface area contributed by atoms with Crippen LogP contribution in [0.5, 0.6) is 0 Å². The maximum atomic E-state index is 12.7. The number of benzene rings is 1. The van der Waals surface area contributed by atoms with Crippen molar-refractivity contribution in [2.45, 2.75) is 23.8 Å². The molecule has 10 heteroatoms. The van der Waals surface area contributed by atoms with Crippen molar-refractivity contribution in [2.24, 2.45) is 0 Å². The largest absolute Gasteiger partial charge is 0.379 e. The van der Waals surface area contributed by atoms with Crippen LogP contribution in [0.2, 0.25) is 0 Å². The maximum Gasteiger partial charge on any atom is 0.251 e. The molecule has 0 radical (unpaired) electrons. The van der Waals surface area contributed by atoms with Gasteiger partial charge in [-0.1, -0.05) is 11.2 Å². The number of nitrogens with zero attached hydrogens (tertiary/aromatic N) is 3. The fourth-order valence-electron chi connectivity index (χ4n) is 2.58. The number of sulfonamides is 1. The summed E-state index contributed by atoms with van der Waals surface area (Å²) in [6.45, 7) is 1.28. The minimum Gasteiger partial charge on any atom is -0.379 e. The highest BCUT2D eigenvalue weighted by atomic mass is 32.2. The van der Waals surface area contributed by atoms with Gasteiger partial charge in [0.2, 0.25) is 16.4 Å². The summed E-state index contributed by atoms with van der Waals surface area (Å²) in [7, 11) is -2.26. The van der Waals surface area contributed by atoms with E-state index in [4.69, 9.17) is 4.74 Å². The number of likely N-dealkylation sites (N-methyl/N-ethyl adjacent to an activating group) is 1. The first-order valence-corrected chi connectivity index (χ1v) is 9.61. The van der Waals surface area contributed by atoms with Crippen molar-refractivity contribution in [1.29, 1.82) is 0 Å². The van der Waals surface area contributed by atoms with Crippen LogP contribution >= 0.6 is 0 Å². The molecule has 2 heterocycles. The van der Waals surface area contributed by atoms with Crippen molar-refractivity contribution in [3.05, 3.63) is 42.0 Å². The van der Waals surface area contributed by atoms with Gasteiger partial charge in [0.05, 0.1) is 17.5 Å². The number of hydrogen-bond acceptors (Lipinski definition) is 7. The van der Waals surface area contributed by atoms with E-state index in [9.17, 15) is 13.2 Å². The van der Waals surface area contributed by atoms with Crippen molar-refractivity contribution in [3.63, 3.8) is 0 Å². The average molecular weight is 380 g/mol. The van der Waals surface area contributed by atoms with Gasteiger partial charge in [0.15, 0.2) is 5.82 Å². The molecule has 0 aliphatic carbocycles. The molecule has 0 bridgehead atoms. The number of aromatic nitrogens is 2. The van der Waals surface area contributed by atoms with E-state index in [0.717, 1.165) is 6.42 Å². The Morgan fingerprint density at radius 3 is 2.96 bits per heavy atom. The summed E-state index contributed by atoms with van der Waals surface area (Å²) in [6, 6.07) is 5.95. The number of rotatable bonds is 7. The summed E-state index contributed by atoms with van der Waals surface area (Å²) in [5, 5.41) is 6.51. The van der Waals surface area contributed by atoms with Crippen molar-refractivity contribution in [2.75, 3.05) is 26.8 Å². The highest BCUT2D eigenvalue weighted by molar-refractivity contribution is 7.89. The fourth-order valence-corrected chi connectivity index (χ4v) is 3.79. The van der Waals surface area contributed by atoms with E-state index in [2.05, 4.69) is 20.0 Å². The second-order valence-electron chi connectivity index (χ2n) is 5.99. The van der Waals surface area contributed by atoms with Gasteiger partial charge in [-0.2, -0.15) is 4.98 Å². The van der Waals surface area contributed by atoms with Crippen LogP contribution in [0.25, 0.3) is 0 Å². The van der Waals surface area contributed by atoms with Crippen LogP contribution in [0, 0.1) is 0 Å². The lowest BCUT2D eigenvalue weighted by Gasteiger charge is -2.17. The zero-order valence-corrected chi connectivity index (χ0v) is 15.1. The molecule has 1 saturated heterocycles. The van der Waals surface area contributed by atoms with Crippen LogP contribution in [0.3, 0.4) is 0 Å². The molecule has 1 atom stereocenters. The monoisotopic (exact) mass is 380 g/mol. The summed E-state index contributed by atoms with van der Waals surface area (Å²) in [6.07, 6.45) is 2.28. The molecule has 0 unspecified atom stereocenters. The molecule has 0 saturated carbocycles. The fraction of sp³-hybridized carbons (Fsp3) is 0.438. The van der Waals surface area contributed by atoms with Crippen molar-refractivity contribution >= 4 is 15.9 Å². The van der Waals surface area contributed by atoms with E-state index in [1.165, 1.54) is 29.9 Å². The Balaban J connectivity index is 1.69. The van der Waals surface area contributed by atoms with E-state index >= 15 is 0 Å². The SMILES string of the molecule is CN(CCc1ncon1)S(=O)(=O)c1cccc(C(=O)N[C@H]2CCOC2)c1. The third-order valence-electron chi connectivity index (χ3n) is 4.13. The lowest BCUT2D eigenvalue weighted by atomic mass is 10.2. The molecule has 3 rings (SSSR count). The first-order valence-electron chi connectivity index (χ1n) is 8.17. The van der Waals surface area contributed by atoms with Gasteiger partial charge in [0.1, 0.15) is 0 Å². The van der Waals surface area contributed by atoms with Crippen LogP contribution in [0.4, 0.5) is 0 Å². The lowest BCUT2D eigenvalue weighted by molar-refractivity contribution is 0.0929. The highest BCUT2D eigenvalue weighted by Crippen LogP contribution is 2.17. The Morgan fingerprint density at radius 2 is 2.27 bits per heavy atom. The molecule has 1 aliphatic rings. The number of hydrogen-bond donors (Lipinski definition) is 1. The van der Waals surface area contributed by atoms with Gasteiger partial charge in [-0.05, 0) is 24.6 Å². The topological polar surface area (TPSA) is 115 Å². The van der Waals surface area contributed by atoms with E-state index < -0.39 is 10.0 Å².